The van der Waals surface area contributed by atoms with E-state index >= 15 is 0 Å². The molecule has 5 nitrogen and oxygen atoms in total. The van der Waals surface area contributed by atoms with Gasteiger partial charge in [0.1, 0.15) is 5.65 Å². The van der Waals surface area contributed by atoms with Crippen molar-refractivity contribution in [1.82, 2.24) is 19.3 Å². The number of pyridine rings is 2. The molecule has 0 amide bonds. The Balaban J connectivity index is 1.39. The van der Waals surface area contributed by atoms with E-state index in [0.29, 0.717) is 0 Å². The van der Waals surface area contributed by atoms with Gasteiger partial charge < -0.3 is 9.30 Å². The van der Waals surface area contributed by atoms with E-state index in [0.717, 1.165) is 44.1 Å². The van der Waals surface area contributed by atoms with Crippen molar-refractivity contribution in [3.63, 3.8) is 0 Å². The van der Waals surface area contributed by atoms with Crippen LogP contribution in [-0.2, 0) is 6.54 Å². The second-order valence-corrected chi connectivity index (χ2v) is 5.67. The first kappa shape index (κ1) is 13.3. The number of anilines is 1. The van der Waals surface area contributed by atoms with Crippen LogP contribution in [0.15, 0.2) is 55.1 Å². The maximum absolute atomic E-state index is 4.68. The number of piperazine rings is 1. The van der Waals surface area contributed by atoms with Gasteiger partial charge in [-0.2, -0.15) is 0 Å². The summed E-state index contributed by atoms with van der Waals surface area (Å²) >= 11 is 0. The summed E-state index contributed by atoms with van der Waals surface area (Å²) in [5.41, 5.74) is 3.43. The zero-order valence-corrected chi connectivity index (χ0v) is 12.5. The molecule has 1 aliphatic rings. The Bertz CT molecular complexity index is 711. The molecule has 0 N–H and O–H groups in total. The van der Waals surface area contributed by atoms with E-state index in [2.05, 4.69) is 42.5 Å². The lowest BCUT2D eigenvalue weighted by molar-refractivity contribution is 0.247. The van der Waals surface area contributed by atoms with Gasteiger partial charge in [-0.1, -0.05) is 6.07 Å². The molecule has 0 aliphatic carbocycles. The van der Waals surface area contributed by atoms with Gasteiger partial charge in [-0.25, -0.2) is 4.98 Å². The minimum absolute atomic E-state index is 0.922. The average molecular weight is 293 g/mol. The molecule has 1 fully saturated rings. The lowest BCUT2D eigenvalue weighted by atomic mass is 10.2. The number of rotatable bonds is 3. The van der Waals surface area contributed by atoms with Crippen LogP contribution in [0, 0.1) is 0 Å². The first-order chi connectivity index (χ1) is 10.9. The standard InChI is InChI=1S/C17H19N5/c1-2-8-22-14-15(19-17(22)3-1)13-20-9-11-21(12-10-20)16-4-6-18-7-5-16/h1-8,14H,9-13H2. The highest BCUT2D eigenvalue weighted by atomic mass is 15.3. The van der Waals surface area contributed by atoms with E-state index in [1.807, 2.05) is 36.8 Å². The van der Waals surface area contributed by atoms with Gasteiger partial charge in [0.15, 0.2) is 0 Å². The summed E-state index contributed by atoms with van der Waals surface area (Å²) in [6, 6.07) is 10.3. The first-order valence-corrected chi connectivity index (χ1v) is 7.68. The van der Waals surface area contributed by atoms with E-state index in [4.69, 9.17) is 0 Å². The number of hydrogen-bond acceptors (Lipinski definition) is 4. The highest BCUT2D eigenvalue weighted by Crippen LogP contribution is 2.16. The van der Waals surface area contributed by atoms with Crippen LogP contribution in [0.4, 0.5) is 5.69 Å². The summed E-state index contributed by atoms with van der Waals surface area (Å²) in [6.45, 7) is 5.16. The minimum atomic E-state index is 0.922. The van der Waals surface area contributed by atoms with Crippen molar-refractivity contribution in [3.05, 3.63) is 60.8 Å². The maximum atomic E-state index is 4.68. The molecule has 0 bridgehead atoms. The van der Waals surface area contributed by atoms with Crippen LogP contribution in [0.2, 0.25) is 0 Å². The smallest absolute Gasteiger partial charge is 0.137 e. The summed E-state index contributed by atoms with van der Waals surface area (Å²) in [5.74, 6) is 0. The molecule has 5 heteroatoms. The Morgan fingerprint density at radius 3 is 2.55 bits per heavy atom. The van der Waals surface area contributed by atoms with E-state index in [1.54, 1.807) is 0 Å². The molecule has 3 aromatic rings. The molecule has 1 saturated heterocycles. The second-order valence-electron chi connectivity index (χ2n) is 5.67. The molecule has 0 radical (unpaired) electrons. The summed E-state index contributed by atoms with van der Waals surface area (Å²) in [5, 5.41) is 0. The molecule has 0 aromatic carbocycles. The fourth-order valence-corrected chi connectivity index (χ4v) is 3.01. The van der Waals surface area contributed by atoms with Gasteiger partial charge in [0.25, 0.3) is 0 Å². The monoisotopic (exact) mass is 293 g/mol. The Labute approximate surface area is 129 Å². The molecule has 0 spiro atoms. The molecule has 4 heterocycles. The molecule has 0 saturated carbocycles. The fourth-order valence-electron chi connectivity index (χ4n) is 3.01. The molecule has 112 valence electrons. The Morgan fingerprint density at radius 2 is 1.77 bits per heavy atom. The van der Waals surface area contributed by atoms with Crippen molar-refractivity contribution in [2.75, 3.05) is 31.1 Å². The van der Waals surface area contributed by atoms with Gasteiger partial charge in [0.2, 0.25) is 0 Å². The molecule has 22 heavy (non-hydrogen) atoms. The Morgan fingerprint density at radius 1 is 0.955 bits per heavy atom. The number of aromatic nitrogens is 3. The predicted molar refractivity (Wildman–Crippen MR) is 86.9 cm³/mol. The van der Waals surface area contributed by atoms with E-state index in [9.17, 15) is 0 Å². The van der Waals surface area contributed by atoms with Gasteiger partial charge in [-0.15, -0.1) is 0 Å². The number of nitrogens with zero attached hydrogens (tertiary/aromatic N) is 5. The third kappa shape index (κ3) is 2.67. The fraction of sp³-hybridized carbons (Fsp3) is 0.294. The number of fused-ring (bicyclic) bond motifs is 1. The highest BCUT2D eigenvalue weighted by Gasteiger charge is 2.18. The SMILES string of the molecule is c1ccn2cc(CN3CCN(c4ccncc4)CC3)nc2c1. The summed E-state index contributed by atoms with van der Waals surface area (Å²) in [6.07, 6.45) is 7.90. The van der Waals surface area contributed by atoms with Crippen LogP contribution in [-0.4, -0.2) is 45.4 Å². The molecular formula is C17H19N5. The lowest BCUT2D eigenvalue weighted by Crippen LogP contribution is -2.46. The van der Waals surface area contributed by atoms with E-state index in [-0.39, 0.29) is 0 Å². The van der Waals surface area contributed by atoms with Crippen LogP contribution < -0.4 is 4.90 Å². The van der Waals surface area contributed by atoms with Crippen LogP contribution in [0.3, 0.4) is 0 Å². The first-order valence-electron chi connectivity index (χ1n) is 7.68. The normalized spacial score (nSPS) is 16.3. The summed E-state index contributed by atoms with van der Waals surface area (Å²) in [7, 11) is 0. The quantitative estimate of drug-likeness (QED) is 0.740. The van der Waals surface area contributed by atoms with Gasteiger partial charge in [0.05, 0.1) is 5.69 Å². The van der Waals surface area contributed by atoms with Crippen molar-refractivity contribution in [2.45, 2.75) is 6.54 Å². The average Bonchev–Trinajstić information content (AvgIpc) is 2.98. The van der Waals surface area contributed by atoms with Crippen LogP contribution in [0.1, 0.15) is 5.69 Å². The van der Waals surface area contributed by atoms with Crippen LogP contribution >= 0.6 is 0 Å². The second kappa shape index (κ2) is 5.77. The largest absolute Gasteiger partial charge is 0.369 e. The molecule has 0 unspecified atom stereocenters. The Hall–Kier alpha value is -2.40. The van der Waals surface area contributed by atoms with Crippen LogP contribution in [0.5, 0.6) is 0 Å². The summed E-state index contributed by atoms with van der Waals surface area (Å²) < 4.78 is 2.09. The molecule has 4 rings (SSSR count). The van der Waals surface area contributed by atoms with Gasteiger partial charge in [0, 0.05) is 63.2 Å². The lowest BCUT2D eigenvalue weighted by Gasteiger charge is -2.35. The molecular weight excluding hydrogens is 274 g/mol. The number of imidazole rings is 1. The maximum Gasteiger partial charge on any atom is 0.137 e. The topological polar surface area (TPSA) is 36.7 Å². The minimum Gasteiger partial charge on any atom is -0.369 e. The van der Waals surface area contributed by atoms with E-state index in [1.165, 1.54) is 5.69 Å². The highest BCUT2D eigenvalue weighted by molar-refractivity contribution is 5.45. The number of hydrogen-bond donors (Lipinski definition) is 0. The van der Waals surface area contributed by atoms with E-state index < -0.39 is 0 Å². The van der Waals surface area contributed by atoms with Crippen molar-refractivity contribution in [1.29, 1.82) is 0 Å². The third-order valence-electron chi connectivity index (χ3n) is 4.20. The van der Waals surface area contributed by atoms with Crippen molar-refractivity contribution in [2.24, 2.45) is 0 Å². The van der Waals surface area contributed by atoms with Crippen LogP contribution in [0.25, 0.3) is 5.65 Å². The van der Waals surface area contributed by atoms with Gasteiger partial charge >= 0.3 is 0 Å². The molecule has 0 atom stereocenters. The summed E-state index contributed by atoms with van der Waals surface area (Å²) in [4.78, 5) is 13.7. The zero-order chi connectivity index (χ0) is 14.8. The molecule has 1 aliphatic heterocycles. The molecule has 3 aromatic heterocycles. The van der Waals surface area contributed by atoms with Crippen molar-refractivity contribution in [3.8, 4) is 0 Å². The van der Waals surface area contributed by atoms with Crippen molar-refractivity contribution >= 4 is 11.3 Å². The zero-order valence-electron chi connectivity index (χ0n) is 12.5. The third-order valence-corrected chi connectivity index (χ3v) is 4.20. The van der Waals surface area contributed by atoms with Crippen molar-refractivity contribution < 1.29 is 0 Å². The van der Waals surface area contributed by atoms with Gasteiger partial charge in [-0.3, -0.25) is 9.88 Å². The predicted octanol–water partition coefficient (Wildman–Crippen LogP) is 2.05. The van der Waals surface area contributed by atoms with Gasteiger partial charge in [-0.05, 0) is 24.3 Å². The Kier molecular flexibility index (Phi) is 3.48.